The van der Waals surface area contributed by atoms with E-state index in [0.29, 0.717) is 27.5 Å². The number of nitrogens with one attached hydrogen (secondary N) is 5. The molecule has 0 aliphatic rings. The number of hydrogen-bond donors (Lipinski definition) is 5. The van der Waals surface area contributed by atoms with Crippen LogP contribution in [0.3, 0.4) is 0 Å². The van der Waals surface area contributed by atoms with Gasteiger partial charge in [0, 0.05) is 32.1 Å². The van der Waals surface area contributed by atoms with Crippen molar-refractivity contribution in [2.24, 2.45) is 0 Å². The Morgan fingerprint density at radius 3 is 2.26 bits per heavy atom. The van der Waals surface area contributed by atoms with Crippen molar-refractivity contribution in [1.29, 1.82) is 0 Å². The fraction of sp³-hybridized carbons (Fsp3) is 0.217. The standard InChI is InChI=1S/C23H25ClN8O3/c1-12(25-2)21(33)31-17-9-13(19-20(26-3)15(7-8-28-19)22(34)27-4)10-18(30-17)32-23(35)16-6-5-14(24)11-29-16/h5-12,25-26H,1-4H3,(H,27,34)(H2,30,31,32,33,35). The highest BCUT2D eigenvalue weighted by Gasteiger charge is 2.19. The van der Waals surface area contributed by atoms with E-state index in [9.17, 15) is 14.4 Å². The molecule has 0 fully saturated rings. The fourth-order valence-corrected chi connectivity index (χ4v) is 3.22. The van der Waals surface area contributed by atoms with Gasteiger partial charge in [0.25, 0.3) is 11.8 Å². The van der Waals surface area contributed by atoms with E-state index in [4.69, 9.17) is 11.6 Å². The molecule has 0 aliphatic carbocycles. The van der Waals surface area contributed by atoms with Gasteiger partial charge in [-0.3, -0.25) is 19.4 Å². The third-order valence-electron chi connectivity index (χ3n) is 5.05. The Labute approximate surface area is 207 Å². The summed E-state index contributed by atoms with van der Waals surface area (Å²) >= 11 is 5.85. The van der Waals surface area contributed by atoms with Crippen molar-refractivity contribution in [3.05, 3.63) is 59.0 Å². The van der Waals surface area contributed by atoms with E-state index in [-0.39, 0.29) is 29.1 Å². The van der Waals surface area contributed by atoms with Gasteiger partial charge in [0.2, 0.25) is 5.91 Å². The molecular weight excluding hydrogens is 472 g/mol. The van der Waals surface area contributed by atoms with E-state index in [2.05, 4.69) is 41.5 Å². The average molecular weight is 497 g/mol. The predicted octanol–water partition coefficient (Wildman–Crippen LogP) is 2.39. The monoisotopic (exact) mass is 496 g/mol. The number of nitrogens with zero attached hydrogens (tertiary/aromatic N) is 3. The fourth-order valence-electron chi connectivity index (χ4n) is 3.11. The van der Waals surface area contributed by atoms with Crippen LogP contribution < -0.4 is 26.6 Å². The molecule has 3 aromatic heterocycles. The van der Waals surface area contributed by atoms with E-state index in [1.807, 2.05) is 0 Å². The first-order chi connectivity index (χ1) is 16.8. The van der Waals surface area contributed by atoms with Crippen LogP contribution in [0.5, 0.6) is 0 Å². The number of amides is 3. The molecule has 0 saturated heterocycles. The quantitative estimate of drug-likeness (QED) is 0.319. The molecule has 0 spiro atoms. The first kappa shape index (κ1) is 25.5. The number of aromatic nitrogens is 3. The molecule has 0 aromatic carbocycles. The zero-order valence-corrected chi connectivity index (χ0v) is 20.3. The van der Waals surface area contributed by atoms with Gasteiger partial charge in [-0.2, -0.15) is 0 Å². The summed E-state index contributed by atoms with van der Waals surface area (Å²) < 4.78 is 0. The molecule has 0 bridgehead atoms. The molecule has 3 aromatic rings. The van der Waals surface area contributed by atoms with E-state index >= 15 is 0 Å². The SMILES string of the molecule is CNC(=O)c1ccnc(-c2cc(NC(=O)c3ccc(Cl)cn3)nc(NC(=O)C(C)NC)c2)c1NC. The zero-order chi connectivity index (χ0) is 25.5. The molecular formula is C23H25ClN8O3. The van der Waals surface area contributed by atoms with Gasteiger partial charge < -0.3 is 26.6 Å². The van der Waals surface area contributed by atoms with Gasteiger partial charge in [0.05, 0.1) is 28.0 Å². The third-order valence-corrected chi connectivity index (χ3v) is 5.27. The minimum absolute atomic E-state index is 0.131. The van der Waals surface area contributed by atoms with Crippen LogP contribution in [0.2, 0.25) is 5.02 Å². The molecule has 1 atom stereocenters. The van der Waals surface area contributed by atoms with Gasteiger partial charge in [-0.25, -0.2) is 9.97 Å². The smallest absolute Gasteiger partial charge is 0.275 e. The predicted molar refractivity (Wildman–Crippen MR) is 135 cm³/mol. The topological polar surface area (TPSA) is 150 Å². The summed E-state index contributed by atoms with van der Waals surface area (Å²) in [4.78, 5) is 50.4. The molecule has 3 heterocycles. The number of likely N-dealkylation sites (N-methyl/N-ethyl adjacent to an activating group) is 1. The number of pyridine rings is 3. The van der Waals surface area contributed by atoms with Crippen LogP contribution in [0.4, 0.5) is 17.3 Å². The molecule has 0 aliphatic heterocycles. The van der Waals surface area contributed by atoms with Crippen molar-refractivity contribution in [3.8, 4) is 11.3 Å². The number of rotatable bonds is 8. The third kappa shape index (κ3) is 6.08. The highest BCUT2D eigenvalue weighted by atomic mass is 35.5. The van der Waals surface area contributed by atoms with Crippen LogP contribution in [-0.2, 0) is 4.79 Å². The van der Waals surface area contributed by atoms with Crippen molar-refractivity contribution < 1.29 is 14.4 Å². The Hall–Kier alpha value is -4.09. The van der Waals surface area contributed by atoms with Gasteiger partial charge in [-0.1, -0.05) is 11.6 Å². The van der Waals surface area contributed by atoms with Crippen molar-refractivity contribution in [2.45, 2.75) is 13.0 Å². The molecule has 0 radical (unpaired) electrons. The Morgan fingerprint density at radius 2 is 1.66 bits per heavy atom. The molecule has 0 saturated carbocycles. The second-order valence-corrected chi connectivity index (χ2v) is 7.79. The lowest BCUT2D eigenvalue weighted by atomic mass is 10.1. The molecule has 5 N–H and O–H groups in total. The number of carbonyl (C=O) groups is 3. The molecule has 12 heteroatoms. The molecule has 3 amide bonds. The second-order valence-electron chi connectivity index (χ2n) is 7.35. The summed E-state index contributed by atoms with van der Waals surface area (Å²) in [5.41, 5.74) is 1.90. The summed E-state index contributed by atoms with van der Waals surface area (Å²) in [6.45, 7) is 1.70. The van der Waals surface area contributed by atoms with Gasteiger partial charge in [0.1, 0.15) is 17.3 Å². The summed E-state index contributed by atoms with van der Waals surface area (Å²) in [6, 6.07) is 7.31. The first-order valence-electron chi connectivity index (χ1n) is 10.6. The highest BCUT2D eigenvalue weighted by Crippen LogP contribution is 2.31. The van der Waals surface area contributed by atoms with Gasteiger partial charge in [0.15, 0.2) is 0 Å². The first-order valence-corrected chi connectivity index (χ1v) is 11.0. The minimum atomic E-state index is -0.520. The summed E-state index contributed by atoms with van der Waals surface area (Å²) in [5.74, 6) is -0.817. The maximum Gasteiger partial charge on any atom is 0.275 e. The summed E-state index contributed by atoms with van der Waals surface area (Å²) in [7, 11) is 4.86. The Balaban J connectivity index is 2.08. The highest BCUT2D eigenvalue weighted by molar-refractivity contribution is 6.30. The number of anilines is 3. The van der Waals surface area contributed by atoms with Crippen LogP contribution in [-0.4, -0.2) is 59.9 Å². The van der Waals surface area contributed by atoms with Gasteiger partial charge in [-0.15, -0.1) is 0 Å². The summed E-state index contributed by atoms with van der Waals surface area (Å²) in [5, 5.41) is 14.3. The number of carbonyl (C=O) groups excluding carboxylic acids is 3. The lowest BCUT2D eigenvalue weighted by molar-refractivity contribution is -0.117. The maximum atomic E-state index is 12.7. The van der Waals surface area contributed by atoms with E-state index in [1.165, 1.54) is 25.5 Å². The normalized spacial score (nSPS) is 11.3. The lowest BCUT2D eigenvalue weighted by Gasteiger charge is -2.16. The van der Waals surface area contributed by atoms with E-state index < -0.39 is 11.9 Å². The van der Waals surface area contributed by atoms with Crippen molar-refractivity contribution in [3.63, 3.8) is 0 Å². The van der Waals surface area contributed by atoms with Gasteiger partial charge >= 0.3 is 0 Å². The Kier molecular flexibility index (Phi) is 8.29. The Bertz CT molecular complexity index is 1250. The van der Waals surface area contributed by atoms with Crippen LogP contribution in [0.15, 0.2) is 42.7 Å². The average Bonchev–Trinajstić information content (AvgIpc) is 2.87. The molecule has 3 rings (SSSR count). The van der Waals surface area contributed by atoms with Crippen molar-refractivity contribution in [2.75, 3.05) is 37.1 Å². The molecule has 182 valence electrons. The Morgan fingerprint density at radius 1 is 0.943 bits per heavy atom. The molecule has 11 nitrogen and oxygen atoms in total. The van der Waals surface area contributed by atoms with Crippen LogP contribution in [0, 0.1) is 0 Å². The zero-order valence-electron chi connectivity index (χ0n) is 19.6. The molecule has 1 unspecified atom stereocenters. The largest absolute Gasteiger partial charge is 0.386 e. The lowest BCUT2D eigenvalue weighted by Crippen LogP contribution is -2.35. The molecule has 35 heavy (non-hydrogen) atoms. The van der Waals surface area contributed by atoms with Crippen LogP contribution in [0.1, 0.15) is 27.8 Å². The minimum Gasteiger partial charge on any atom is -0.386 e. The second kappa shape index (κ2) is 11.4. The number of halogens is 1. The van der Waals surface area contributed by atoms with Gasteiger partial charge in [-0.05, 0) is 44.3 Å². The van der Waals surface area contributed by atoms with Crippen LogP contribution >= 0.6 is 11.6 Å². The maximum absolute atomic E-state index is 12.7. The van der Waals surface area contributed by atoms with E-state index in [0.717, 1.165) is 0 Å². The number of hydrogen-bond acceptors (Lipinski definition) is 8. The van der Waals surface area contributed by atoms with Crippen molar-refractivity contribution in [1.82, 2.24) is 25.6 Å². The van der Waals surface area contributed by atoms with Crippen LogP contribution in [0.25, 0.3) is 11.3 Å². The summed E-state index contributed by atoms with van der Waals surface area (Å²) in [6.07, 6.45) is 2.86. The van der Waals surface area contributed by atoms with Crippen molar-refractivity contribution >= 4 is 46.6 Å². The van der Waals surface area contributed by atoms with E-state index in [1.54, 1.807) is 45.3 Å².